The highest BCUT2D eigenvalue weighted by molar-refractivity contribution is 5.95. The Hall–Kier alpha value is -2.70. The lowest BCUT2D eigenvalue weighted by Gasteiger charge is -2.12. The van der Waals surface area contributed by atoms with E-state index in [-0.39, 0.29) is 24.1 Å². The molecular formula is C21H25N3O4. The fraction of sp³-hybridized carbons (Fsp3) is 0.524. The van der Waals surface area contributed by atoms with Gasteiger partial charge in [0.25, 0.3) is 11.5 Å². The molecule has 2 aliphatic rings. The maximum absolute atomic E-state index is 12.7. The van der Waals surface area contributed by atoms with Crippen LogP contribution in [-0.4, -0.2) is 34.1 Å². The van der Waals surface area contributed by atoms with Crippen molar-refractivity contribution in [2.45, 2.75) is 64.0 Å². The van der Waals surface area contributed by atoms with Crippen LogP contribution in [0.3, 0.4) is 0 Å². The summed E-state index contributed by atoms with van der Waals surface area (Å²) in [4.78, 5) is 41.6. The van der Waals surface area contributed by atoms with E-state index in [2.05, 4.69) is 10.3 Å². The molecule has 1 aromatic carbocycles. The lowest BCUT2D eigenvalue weighted by molar-refractivity contribution is -0.124. The summed E-state index contributed by atoms with van der Waals surface area (Å²) in [7, 11) is 0. The molecule has 7 heteroatoms. The second kappa shape index (κ2) is 8.12. The highest BCUT2D eigenvalue weighted by atomic mass is 16.5. The van der Waals surface area contributed by atoms with Crippen molar-refractivity contribution < 1.29 is 14.3 Å². The molecule has 1 N–H and O–H groups in total. The Morgan fingerprint density at radius 3 is 2.79 bits per heavy atom. The average molecular weight is 383 g/mol. The number of aromatic nitrogens is 2. The maximum atomic E-state index is 12.7. The maximum Gasteiger partial charge on any atom is 0.338 e. The van der Waals surface area contributed by atoms with Crippen molar-refractivity contribution in [3.05, 3.63) is 39.9 Å². The predicted octanol–water partition coefficient (Wildman–Crippen LogP) is 2.34. The van der Waals surface area contributed by atoms with Crippen LogP contribution >= 0.6 is 0 Å². The van der Waals surface area contributed by atoms with E-state index in [9.17, 15) is 14.4 Å². The zero-order valence-electron chi connectivity index (χ0n) is 15.9. The number of carbonyl (C=O) groups excluding carboxylic acids is 2. The Morgan fingerprint density at radius 2 is 1.96 bits per heavy atom. The molecule has 1 aliphatic heterocycles. The first-order valence-corrected chi connectivity index (χ1v) is 10.1. The fourth-order valence-corrected chi connectivity index (χ4v) is 4.10. The number of benzene rings is 1. The number of carbonyl (C=O) groups is 2. The van der Waals surface area contributed by atoms with Gasteiger partial charge in [-0.15, -0.1) is 0 Å². The van der Waals surface area contributed by atoms with Crippen LogP contribution in [0.4, 0.5) is 0 Å². The minimum absolute atomic E-state index is 0.0576. The normalized spacial score (nSPS) is 17.1. The van der Waals surface area contributed by atoms with E-state index in [1.165, 1.54) is 0 Å². The number of fused-ring (bicyclic) bond motifs is 2. The molecule has 1 aromatic heterocycles. The van der Waals surface area contributed by atoms with Crippen LogP contribution in [0.25, 0.3) is 10.9 Å². The number of hydrogen-bond donors (Lipinski definition) is 1. The number of nitrogens with zero attached hydrogens (tertiary/aromatic N) is 2. The summed E-state index contributed by atoms with van der Waals surface area (Å²) in [5.74, 6) is -0.0838. The lowest BCUT2D eigenvalue weighted by atomic mass is 10.1. The SMILES string of the molecule is O=C(COC(=O)c1ccc2c(=O)n3c(nc2c1)CCCCC3)NC1CCCC1. The Morgan fingerprint density at radius 1 is 1.14 bits per heavy atom. The van der Waals surface area contributed by atoms with E-state index in [4.69, 9.17) is 4.74 Å². The van der Waals surface area contributed by atoms with Gasteiger partial charge in [0.15, 0.2) is 6.61 Å². The standard InChI is InChI=1S/C21H25N3O4/c25-19(22-15-6-3-4-7-15)13-28-21(27)14-9-10-16-17(12-14)23-18-8-2-1-5-11-24(18)20(16)26/h9-10,12,15H,1-8,11,13H2,(H,22,25). The number of aryl methyl sites for hydroxylation is 1. The van der Waals surface area contributed by atoms with Crippen LogP contribution in [0.15, 0.2) is 23.0 Å². The molecular weight excluding hydrogens is 358 g/mol. The van der Waals surface area contributed by atoms with Crippen LogP contribution in [0.5, 0.6) is 0 Å². The van der Waals surface area contributed by atoms with Gasteiger partial charge < -0.3 is 10.1 Å². The first-order chi connectivity index (χ1) is 13.6. The molecule has 0 radical (unpaired) electrons. The molecule has 0 unspecified atom stereocenters. The quantitative estimate of drug-likeness (QED) is 0.819. The van der Waals surface area contributed by atoms with E-state index >= 15 is 0 Å². The monoisotopic (exact) mass is 383 g/mol. The Labute approximate surface area is 163 Å². The molecule has 2 aromatic rings. The van der Waals surface area contributed by atoms with Crippen molar-refractivity contribution in [3.63, 3.8) is 0 Å². The molecule has 4 rings (SSSR count). The van der Waals surface area contributed by atoms with Gasteiger partial charge >= 0.3 is 5.97 Å². The van der Waals surface area contributed by atoms with E-state index in [0.717, 1.165) is 57.2 Å². The van der Waals surface area contributed by atoms with Gasteiger partial charge in [-0.1, -0.05) is 19.3 Å². The van der Waals surface area contributed by atoms with Gasteiger partial charge in [0.05, 0.1) is 16.5 Å². The van der Waals surface area contributed by atoms with E-state index < -0.39 is 5.97 Å². The number of rotatable bonds is 4. The highest BCUT2D eigenvalue weighted by Crippen LogP contribution is 2.18. The van der Waals surface area contributed by atoms with Gasteiger partial charge in [-0.3, -0.25) is 14.2 Å². The summed E-state index contributed by atoms with van der Waals surface area (Å²) >= 11 is 0. The number of amides is 1. The molecule has 148 valence electrons. The first kappa shape index (κ1) is 18.7. The third-order valence-electron chi connectivity index (χ3n) is 5.61. The Bertz CT molecular complexity index is 960. The minimum Gasteiger partial charge on any atom is -0.452 e. The number of nitrogens with one attached hydrogen (secondary N) is 1. The second-order valence-electron chi connectivity index (χ2n) is 7.65. The third kappa shape index (κ3) is 3.93. The molecule has 1 saturated carbocycles. The van der Waals surface area contributed by atoms with Gasteiger partial charge in [-0.2, -0.15) is 0 Å². The fourth-order valence-electron chi connectivity index (χ4n) is 4.10. The van der Waals surface area contributed by atoms with Crippen molar-refractivity contribution in [1.29, 1.82) is 0 Å². The summed E-state index contributed by atoms with van der Waals surface area (Å²) in [6.07, 6.45) is 8.05. The average Bonchev–Trinajstić information content (AvgIpc) is 3.08. The van der Waals surface area contributed by atoms with Crippen LogP contribution in [-0.2, 0) is 22.5 Å². The smallest absolute Gasteiger partial charge is 0.338 e. The van der Waals surface area contributed by atoms with Crippen LogP contribution in [0, 0.1) is 0 Å². The van der Waals surface area contributed by atoms with Crippen molar-refractivity contribution in [2.75, 3.05) is 6.61 Å². The Balaban J connectivity index is 1.48. The summed E-state index contributed by atoms with van der Waals surface area (Å²) in [6.45, 7) is 0.394. The molecule has 0 atom stereocenters. The van der Waals surface area contributed by atoms with Crippen molar-refractivity contribution in [1.82, 2.24) is 14.9 Å². The van der Waals surface area contributed by atoms with E-state index in [1.807, 2.05) is 0 Å². The van der Waals surface area contributed by atoms with Gasteiger partial charge in [-0.05, 0) is 43.9 Å². The van der Waals surface area contributed by atoms with Gasteiger partial charge in [0.2, 0.25) is 0 Å². The van der Waals surface area contributed by atoms with Crippen molar-refractivity contribution in [2.24, 2.45) is 0 Å². The topological polar surface area (TPSA) is 90.3 Å². The largest absolute Gasteiger partial charge is 0.452 e. The molecule has 1 fully saturated rings. The number of esters is 1. The molecule has 1 aliphatic carbocycles. The van der Waals surface area contributed by atoms with Crippen molar-refractivity contribution in [3.8, 4) is 0 Å². The molecule has 0 saturated heterocycles. The molecule has 7 nitrogen and oxygen atoms in total. The van der Waals surface area contributed by atoms with Crippen molar-refractivity contribution >= 4 is 22.8 Å². The minimum atomic E-state index is -0.583. The van der Waals surface area contributed by atoms with Gasteiger partial charge in [0, 0.05) is 19.0 Å². The lowest BCUT2D eigenvalue weighted by Crippen LogP contribution is -2.35. The van der Waals surface area contributed by atoms with E-state index in [1.54, 1.807) is 22.8 Å². The molecule has 2 heterocycles. The zero-order valence-corrected chi connectivity index (χ0v) is 15.9. The highest BCUT2D eigenvalue weighted by Gasteiger charge is 2.19. The van der Waals surface area contributed by atoms with Crippen LogP contribution in [0.1, 0.15) is 61.1 Å². The summed E-state index contributed by atoms with van der Waals surface area (Å²) in [5.41, 5.74) is 0.743. The van der Waals surface area contributed by atoms with Gasteiger partial charge in [-0.25, -0.2) is 9.78 Å². The number of ether oxygens (including phenoxy) is 1. The number of hydrogen-bond acceptors (Lipinski definition) is 5. The zero-order chi connectivity index (χ0) is 19.5. The van der Waals surface area contributed by atoms with Crippen LogP contribution in [0.2, 0.25) is 0 Å². The first-order valence-electron chi connectivity index (χ1n) is 10.1. The van der Waals surface area contributed by atoms with Gasteiger partial charge in [0.1, 0.15) is 5.82 Å². The molecule has 0 spiro atoms. The van der Waals surface area contributed by atoms with E-state index in [0.29, 0.717) is 23.0 Å². The van der Waals surface area contributed by atoms with Crippen LogP contribution < -0.4 is 10.9 Å². The Kier molecular flexibility index (Phi) is 5.41. The third-order valence-corrected chi connectivity index (χ3v) is 5.61. The summed E-state index contributed by atoms with van der Waals surface area (Å²) in [5, 5.41) is 3.39. The second-order valence-corrected chi connectivity index (χ2v) is 7.65. The molecule has 0 bridgehead atoms. The predicted molar refractivity (Wildman–Crippen MR) is 104 cm³/mol. The molecule has 28 heavy (non-hydrogen) atoms. The summed E-state index contributed by atoms with van der Waals surface area (Å²) in [6, 6.07) is 4.96. The summed E-state index contributed by atoms with van der Waals surface area (Å²) < 4.78 is 6.90. The molecule has 1 amide bonds.